The molecular formula is C18H21ClN2O4S. The van der Waals surface area contributed by atoms with E-state index in [1.54, 1.807) is 49.4 Å². The average molecular weight is 397 g/mol. The fourth-order valence-corrected chi connectivity index (χ4v) is 3.55. The van der Waals surface area contributed by atoms with Crippen molar-refractivity contribution >= 4 is 38.9 Å². The van der Waals surface area contributed by atoms with Gasteiger partial charge in [0.05, 0.1) is 18.6 Å². The van der Waals surface area contributed by atoms with Crippen molar-refractivity contribution in [2.75, 3.05) is 29.0 Å². The van der Waals surface area contributed by atoms with Crippen LogP contribution in [0.5, 0.6) is 5.75 Å². The summed E-state index contributed by atoms with van der Waals surface area (Å²) in [6.07, 6.45) is 1.06. The van der Waals surface area contributed by atoms with Crippen LogP contribution in [0, 0.1) is 6.92 Å². The zero-order valence-electron chi connectivity index (χ0n) is 14.8. The zero-order chi connectivity index (χ0) is 19.3. The van der Waals surface area contributed by atoms with Gasteiger partial charge in [0, 0.05) is 10.7 Å². The van der Waals surface area contributed by atoms with Gasteiger partial charge in [-0.15, -0.1) is 0 Å². The number of carbonyl (C=O) groups excluding carboxylic acids is 1. The van der Waals surface area contributed by atoms with Gasteiger partial charge in [0.2, 0.25) is 15.9 Å². The first-order chi connectivity index (χ1) is 12.2. The molecule has 0 saturated carbocycles. The van der Waals surface area contributed by atoms with E-state index in [9.17, 15) is 13.2 Å². The molecule has 0 unspecified atom stereocenters. The Kier molecular flexibility index (Phi) is 6.50. The molecule has 140 valence electrons. The second-order valence-corrected chi connectivity index (χ2v) is 8.05. The van der Waals surface area contributed by atoms with Gasteiger partial charge in [-0.05, 0) is 61.9 Å². The summed E-state index contributed by atoms with van der Waals surface area (Å²) in [5.41, 5.74) is 1.63. The molecule has 0 saturated heterocycles. The summed E-state index contributed by atoms with van der Waals surface area (Å²) in [5.74, 6) is 0.244. The number of rotatable bonds is 7. The van der Waals surface area contributed by atoms with Gasteiger partial charge in [-0.3, -0.25) is 9.10 Å². The molecule has 0 spiro atoms. The van der Waals surface area contributed by atoms with Crippen molar-refractivity contribution in [3.05, 3.63) is 53.1 Å². The molecule has 1 amide bonds. The minimum atomic E-state index is -3.65. The molecule has 0 fully saturated rings. The number of sulfonamides is 1. The predicted molar refractivity (Wildman–Crippen MR) is 105 cm³/mol. The van der Waals surface area contributed by atoms with Crippen LogP contribution < -0.4 is 14.4 Å². The van der Waals surface area contributed by atoms with E-state index >= 15 is 0 Å². The highest BCUT2D eigenvalue weighted by Crippen LogP contribution is 2.25. The summed E-state index contributed by atoms with van der Waals surface area (Å²) in [6, 6.07) is 11.7. The second kappa shape index (κ2) is 8.42. The fraction of sp³-hybridized carbons (Fsp3) is 0.278. The van der Waals surface area contributed by atoms with E-state index in [1.165, 1.54) is 0 Å². The lowest BCUT2D eigenvalue weighted by molar-refractivity contribution is -0.114. The maximum absolute atomic E-state index is 12.4. The molecule has 2 aromatic carbocycles. The number of carbonyl (C=O) groups is 1. The van der Waals surface area contributed by atoms with Crippen LogP contribution in [0.1, 0.15) is 12.5 Å². The quantitative estimate of drug-likeness (QED) is 0.777. The van der Waals surface area contributed by atoms with Gasteiger partial charge in [0.15, 0.2) is 0 Å². The molecule has 2 aromatic rings. The summed E-state index contributed by atoms with van der Waals surface area (Å²) in [7, 11) is -3.65. The van der Waals surface area contributed by atoms with E-state index < -0.39 is 15.9 Å². The van der Waals surface area contributed by atoms with Gasteiger partial charge in [0.25, 0.3) is 0 Å². The Morgan fingerprint density at radius 2 is 1.85 bits per heavy atom. The van der Waals surface area contributed by atoms with Gasteiger partial charge < -0.3 is 10.1 Å². The summed E-state index contributed by atoms with van der Waals surface area (Å²) in [6.45, 7) is 3.84. The van der Waals surface area contributed by atoms with Gasteiger partial charge in [-0.2, -0.15) is 0 Å². The first-order valence-electron chi connectivity index (χ1n) is 7.97. The molecule has 1 N–H and O–H groups in total. The number of amides is 1. The molecular weight excluding hydrogens is 376 g/mol. The van der Waals surface area contributed by atoms with Crippen LogP contribution in [0.25, 0.3) is 0 Å². The molecule has 6 nitrogen and oxygen atoms in total. The molecule has 26 heavy (non-hydrogen) atoms. The van der Waals surface area contributed by atoms with Crippen LogP contribution in [0.3, 0.4) is 0 Å². The third kappa shape index (κ3) is 5.37. The van der Waals surface area contributed by atoms with Crippen molar-refractivity contribution in [2.45, 2.75) is 13.8 Å². The molecule has 0 aliphatic heterocycles. The number of aryl methyl sites for hydroxylation is 1. The lowest BCUT2D eigenvalue weighted by Crippen LogP contribution is -2.37. The molecule has 0 atom stereocenters. The van der Waals surface area contributed by atoms with E-state index in [-0.39, 0.29) is 6.54 Å². The summed E-state index contributed by atoms with van der Waals surface area (Å²) >= 11 is 5.93. The number of benzene rings is 2. The van der Waals surface area contributed by atoms with Crippen molar-refractivity contribution in [3.8, 4) is 5.75 Å². The lowest BCUT2D eigenvalue weighted by atomic mass is 10.2. The van der Waals surface area contributed by atoms with Gasteiger partial charge >= 0.3 is 0 Å². The van der Waals surface area contributed by atoms with E-state index in [0.717, 1.165) is 10.6 Å². The second-order valence-electron chi connectivity index (χ2n) is 5.71. The largest absolute Gasteiger partial charge is 0.494 e. The van der Waals surface area contributed by atoms with Crippen LogP contribution in [-0.4, -0.2) is 33.7 Å². The van der Waals surface area contributed by atoms with Crippen LogP contribution >= 0.6 is 11.6 Å². The molecule has 8 heteroatoms. The molecule has 0 heterocycles. The number of halogens is 1. The Morgan fingerprint density at radius 1 is 1.19 bits per heavy atom. The van der Waals surface area contributed by atoms with Crippen LogP contribution in [0.2, 0.25) is 5.02 Å². The predicted octanol–water partition coefficient (Wildman–Crippen LogP) is 3.45. The minimum Gasteiger partial charge on any atom is -0.494 e. The number of hydrogen-bond acceptors (Lipinski definition) is 4. The summed E-state index contributed by atoms with van der Waals surface area (Å²) in [4.78, 5) is 12.4. The Morgan fingerprint density at radius 3 is 2.38 bits per heavy atom. The SMILES string of the molecule is CCOc1ccc(NC(=O)CN(c2ccc(Cl)cc2C)S(C)(=O)=O)cc1. The number of nitrogens with one attached hydrogen (secondary N) is 1. The molecule has 2 rings (SSSR count). The molecule has 0 bridgehead atoms. The highest BCUT2D eigenvalue weighted by atomic mass is 35.5. The van der Waals surface area contributed by atoms with E-state index in [0.29, 0.717) is 34.3 Å². The Labute approximate surface area is 158 Å². The van der Waals surface area contributed by atoms with Crippen LogP contribution in [0.4, 0.5) is 11.4 Å². The van der Waals surface area contributed by atoms with Crippen molar-refractivity contribution in [1.29, 1.82) is 0 Å². The van der Waals surface area contributed by atoms with Crippen LogP contribution in [0.15, 0.2) is 42.5 Å². The van der Waals surface area contributed by atoms with Crippen molar-refractivity contribution in [1.82, 2.24) is 0 Å². The molecule has 0 aromatic heterocycles. The highest BCUT2D eigenvalue weighted by molar-refractivity contribution is 7.92. The van der Waals surface area contributed by atoms with Gasteiger partial charge in [-0.1, -0.05) is 11.6 Å². The maximum Gasteiger partial charge on any atom is 0.245 e. The molecule has 0 radical (unpaired) electrons. The highest BCUT2D eigenvalue weighted by Gasteiger charge is 2.22. The van der Waals surface area contributed by atoms with Crippen molar-refractivity contribution in [3.63, 3.8) is 0 Å². The first-order valence-corrected chi connectivity index (χ1v) is 10.2. The number of hydrogen-bond donors (Lipinski definition) is 1. The molecule has 0 aliphatic rings. The van der Waals surface area contributed by atoms with E-state index in [4.69, 9.17) is 16.3 Å². The number of ether oxygens (including phenoxy) is 1. The average Bonchev–Trinajstić information content (AvgIpc) is 2.54. The normalized spacial score (nSPS) is 11.1. The smallest absolute Gasteiger partial charge is 0.245 e. The van der Waals surface area contributed by atoms with Crippen molar-refractivity contribution in [2.24, 2.45) is 0 Å². The fourth-order valence-electron chi connectivity index (χ4n) is 2.41. The van der Waals surface area contributed by atoms with Gasteiger partial charge in [0.1, 0.15) is 12.3 Å². The van der Waals surface area contributed by atoms with Crippen molar-refractivity contribution < 1.29 is 17.9 Å². The lowest BCUT2D eigenvalue weighted by Gasteiger charge is -2.23. The topological polar surface area (TPSA) is 75.7 Å². The zero-order valence-corrected chi connectivity index (χ0v) is 16.4. The standard InChI is InChI=1S/C18H21ClN2O4S/c1-4-25-16-8-6-15(7-9-16)20-18(22)12-21(26(3,23)24)17-10-5-14(19)11-13(17)2/h5-11H,4,12H2,1-3H3,(H,20,22). The van der Waals surface area contributed by atoms with Gasteiger partial charge in [-0.25, -0.2) is 8.42 Å². The van der Waals surface area contributed by atoms with E-state index in [1.807, 2.05) is 6.92 Å². The van der Waals surface area contributed by atoms with Crippen LogP contribution in [-0.2, 0) is 14.8 Å². The third-order valence-corrected chi connectivity index (χ3v) is 4.93. The monoisotopic (exact) mass is 396 g/mol. The maximum atomic E-state index is 12.4. The number of anilines is 2. The third-order valence-electron chi connectivity index (χ3n) is 3.56. The summed E-state index contributed by atoms with van der Waals surface area (Å²) < 4.78 is 30.7. The molecule has 0 aliphatic carbocycles. The Bertz CT molecular complexity index is 883. The number of nitrogens with zero attached hydrogens (tertiary/aromatic N) is 1. The summed E-state index contributed by atoms with van der Waals surface area (Å²) in [5, 5.41) is 3.19. The first kappa shape index (κ1) is 20.1. The Balaban J connectivity index is 2.17. The minimum absolute atomic E-state index is 0.339. The van der Waals surface area contributed by atoms with E-state index in [2.05, 4.69) is 5.32 Å². The Hall–Kier alpha value is -2.25.